The van der Waals surface area contributed by atoms with Gasteiger partial charge in [-0.3, -0.25) is 14.4 Å². The van der Waals surface area contributed by atoms with Crippen LogP contribution in [0.1, 0.15) is 47.4 Å². The Labute approximate surface area is 207 Å². The first-order valence-corrected chi connectivity index (χ1v) is 12.1. The van der Waals surface area contributed by atoms with Crippen molar-refractivity contribution in [2.45, 2.75) is 32.7 Å². The smallest absolute Gasteiger partial charge is 0.253 e. The van der Waals surface area contributed by atoms with Crippen LogP contribution in [0, 0.1) is 5.92 Å². The zero-order valence-electron chi connectivity index (χ0n) is 21.0. The highest BCUT2D eigenvalue weighted by molar-refractivity contribution is 5.98. The van der Waals surface area contributed by atoms with E-state index >= 15 is 0 Å². The van der Waals surface area contributed by atoms with Gasteiger partial charge in [0.1, 0.15) is 17.5 Å². The third-order valence-electron chi connectivity index (χ3n) is 6.59. The number of likely N-dealkylation sites (N-methyl/N-ethyl adjacent to an activating group) is 1. The van der Waals surface area contributed by atoms with E-state index in [4.69, 9.17) is 9.47 Å². The van der Waals surface area contributed by atoms with Gasteiger partial charge in [0.25, 0.3) is 11.8 Å². The molecule has 3 rings (SSSR count). The molecule has 8 heteroatoms. The number of carbonyl (C=O) groups is 3. The second kappa shape index (κ2) is 12.2. The zero-order chi connectivity index (χ0) is 25.4. The molecule has 0 unspecified atom stereocenters. The molecule has 1 atom stereocenters. The summed E-state index contributed by atoms with van der Waals surface area (Å²) >= 11 is 0. The largest absolute Gasteiger partial charge is 0.497 e. The van der Waals surface area contributed by atoms with E-state index in [1.165, 1.54) is 0 Å². The zero-order valence-corrected chi connectivity index (χ0v) is 21.0. The standard InChI is InChI=1S/C27H35N3O5/c1-5-29(6-2)27(33)24(28-25(31)21-8-7-9-23(18-21)35-4)19-14-16-30(17-15-19)26(32)20-10-12-22(34-3)13-11-20/h7-13,18-19,24H,5-6,14-17H2,1-4H3,(H,28,31)/t24-/m0/s1. The first kappa shape index (κ1) is 26.1. The van der Waals surface area contributed by atoms with Crippen molar-refractivity contribution in [1.82, 2.24) is 15.1 Å². The van der Waals surface area contributed by atoms with E-state index in [0.717, 1.165) is 0 Å². The Kier molecular flexibility index (Phi) is 9.11. The summed E-state index contributed by atoms with van der Waals surface area (Å²) < 4.78 is 10.4. The quantitative estimate of drug-likeness (QED) is 0.594. The molecule has 8 nitrogen and oxygen atoms in total. The summed E-state index contributed by atoms with van der Waals surface area (Å²) in [6.45, 7) is 6.03. The average molecular weight is 482 g/mol. The number of piperidine rings is 1. The van der Waals surface area contributed by atoms with Crippen LogP contribution < -0.4 is 14.8 Å². The summed E-state index contributed by atoms with van der Waals surface area (Å²) in [6, 6.07) is 13.3. The van der Waals surface area contributed by atoms with Crippen molar-refractivity contribution in [3.05, 3.63) is 59.7 Å². The summed E-state index contributed by atoms with van der Waals surface area (Å²) in [4.78, 5) is 43.0. The van der Waals surface area contributed by atoms with Gasteiger partial charge >= 0.3 is 0 Å². The van der Waals surface area contributed by atoms with Crippen molar-refractivity contribution in [3.63, 3.8) is 0 Å². The maximum absolute atomic E-state index is 13.4. The van der Waals surface area contributed by atoms with Gasteiger partial charge in [0.2, 0.25) is 5.91 Å². The molecule has 1 aliphatic heterocycles. The van der Waals surface area contributed by atoms with Crippen LogP contribution in [0.4, 0.5) is 0 Å². The summed E-state index contributed by atoms with van der Waals surface area (Å²) in [5.41, 5.74) is 1.04. The SMILES string of the molecule is CCN(CC)C(=O)[C@@H](NC(=O)c1cccc(OC)c1)C1CCN(C(=O)c2ccc(OC)cc2)CC1. The molecule has 0 saturated carbocycles. The summed E-state index contributed by atoms with van der Waals surface area (Å²) in [5, 5.41) is 2.99. The first-order chi connectivity index (χ1) is 16.9. The van der Waals surface area contributed by atoms with Crippen LogP contribution >= 0.6 is 0 Å². The normalized spacial score (nSPS) is 14.7. The lowest BCUT2D eigenvalue weighted by Gasteiger charge is -2.37. The van der Waals surface area contributed by atoms with E-state index in [1.807, 2.05) is 13.8 Å². The molecule has 0 spiro atoms. The molecule has 0 aliphatic carbocycles. The summed E-state index contributed by atoms with van der Waals surface area (Å²) in [6.07, 6.45) is 1.25. The topological polar surface area (TPSA) is 88.2 Å². The van der Waals surface area contributed by atoms with Gasteiger partial charge in [0, 0.05) is 37.3 Å². The highest BCUT2D eigenvalue weighted by atomic mass is 16.5. The van der Waals surface area contributed by atoms with Gasteiger partial charge in [-0.15, -0.1) is 0 Å². The lowest BCUT2D eigenvalue weighted by molar-refractivity contribution is -0.134. The number of carbonyl (C=O) groups excluding carboxylic acids is 3. The molecular formula is C27H35N3O5. The molecule has 1 heterocycles. The van der Waals surface area contributed by atoms with Crippen LogP contribution in [0.3, 0.4) is 0 Å². The number of amides is 3. The highest BCUT2D eigenvalue weighted by Crippen LogP contribution is 2.25. The van der Waals surface area contributed by atoms with Crippen LogP contribution in [-0.2, 0) is 4.79 Å². The van der Waals surface area contributed by atoms with Crippen molar-refractivity contribution >= 4 is 17.7 Å². The van der Waals surface area contributed by atoms with E-state index in [-0.39, 0.29) is 23.6 Å². The minimum atomic E-state index is -0.660. The fourth-order valence-corrected chi connectivity index (χ4v) is 4.45. The minimum Gasteiger partial charge on any atom is -0.497 e. The number of hydrogen-bond donors (Lipinski definition) is 1. The second-order valence-electron chi connectivity index (χ2n) is 8.55. The number of methoxy groups -OCH3 is 2. The van der Waals surface area contributed by atoms with E-state index in [2.05, 4.69) is 5.32 Å². The van der Waals surface area contributed by atoms with Crippen LogP contribution in [-0.4, -0.2) is 74.0 Å². The van der Waals surface area contributed by atoms with Crippen LogP contribution in [0.5, 0.6) is 11.5 Å². The average Bonchev–Trinajstić information content (AvgIpc) is 2.92. The van der Waals surface area contributed by atoms with Crippen molar-refractivity contribution in [2.24, 2.45) is 5.92 Å². The van der Waals surface area contributed by atoms with E-state index in [1.54, 1.807) is 72.6 Å². The Morgan fingerprint density at radius 1 is 0.943 bits per heavy atom. The number of ether oxygens (including phenoxy) is 2. The van der Waals surface area contributed by atoms with E-state index < -0.39 is 6.04 Å². The Hall–Kier alpha value is -3.55. The van der Waals surface area contributed by atoms with Crippen LogP contribution in [0.15, 0.2) is 48.5 Å². The lowest BCUT2D eigenvalue weighted by atomic mass is 9.87. The van der Waals surface area contributed by atoms with Gasteiger partial charge in [-0.25, -0.2) is 0 Å². The van der Waals surface area contributed by atoms with Gasteiger partial charge in [0.15, 0.2) is 0 Å². The third kappa shape index (κ3) is 6.32. The minimum absolute atomic E-state index is 0.0434. The monoisotopic (exact) mass is 481 g/mol. The fourth-order valence-electron chi connectivity index (χ4n) is 4.45. The molecule has 1 saturated heterocycles. The molecule has 0 aromatic heterocycles. The van der Waals surface area contributed by atoms with Crippen molar-refractivity contribution < 1.29 is 23.9 Å². The van der Waals surface area contributed by atoms with Crippen LogP contribution in [0.25, 0.3) is 0 Å². The predicted octanol–water partition coefficient (Wildman–Crippen LogP) is 3.22. The fraction of sp³-hybridized carbons (Fsp3) is 0.444. The molecule has 0 bridgehead atoms. The van der Waals surface area contributed by atoms with E-state index in [0.29, 0.717) is 61.6 Å². The van der Waals surface area contributed by atoms with Crippen molar-refractivity contribution in [3.8, 4) is 11.5 Å². The van der Waals surface area contributed by atoms with Crippen LogP contribution in [0.2, 0.25) is 0 Å². The number of nitrogens with one attached hydrogen (secondary N) is 1. The van der Waals surface area contributed by atoms with Gasteiger partial charge in [-0.1, -0.05) is 6.07 Å². The maximum Gasteiger partial charge on any atom is 0.253 e. The summed E-state index contributed by atoms with van der Waals surface area (Å²) in [7, 11) is 3.13. The molecular weight excluding hydrogens is 446 g/mol. The number of nitrogens with zero attached hydrogens (tertiary/aromatic N) is 2. The molecule has 1 aliphatic rings. The number of hydrogen-bond acceptors (Lipinski definition) is 5. The summed E-state index contributed by atoms with van der Waals surface area (Å²) in [5.74, 6) is 0.757. The molecule has 2 aromatic carbocycles. The highest BCUT2D eigenvalue weighted by Gasteiger charge is 2.35. The molecule has 1 N–H and O–H groups in total. The van der Waals surface area contributed by atoms with Crippen molar-refractivity contribution in [1.29, 1.82) is 0 Å². The molecule has 188 valence electrons. The van der Waals surface area contributed by atoms with Gasteiger partial charge in [-0.2, -0.15) is 0 Å². The van der Waals surface area contributed by atoms with Gasteiger partial charge in [-0.05, 0) is 75.1 Å². The third-order valence-corrected chi connectivity index (χ3v) is 6.59. The van der Waals surface area contributed by atoms with E-state index in [9.17, 15) is 14.4 Å². The number of likely N-dealkylation sites (tertiary alicyclic amines) is 1. The van der Waals surface area contributed by atoms with Gasteiger partial charge < -0.3 is 24.6 Å². The molecule has 35 heavy (non-hydrogen) atoms. The lowest BCUT2D eigenvalue weighted by Crippen LogP contribution is -2.54. The predicted molar refractivity (Wildman–Crippen MR) is 134 cm³/mol. The Bertz CT molecular complexity index is 1010. The molecule has 3 amide bonds. The molecule has 2 aromatic rings. The first-order valence-electron chi connectivity index (χ1n) is 12.1. The Morgan fingerprint density at radius 2 is 1.57 bits per heavy atom. The molecule has 0 radical (unpaired) electrons. The van der Waals surface area contributed by atoms with Gasteiger partial charge in [0.05, 0.1) is 14.2 Å². The Balaban J connectivity index is 1.72. The van der Waals surface area contributed by atoms with Crippen molar-refractivity contribution in [2.75, 3.05) is 40.4 Å². The Morgan fingerprint density at radius 3 is 2.14 bits per heavy atom. The number of benzene rings is 2. The number of rotatable bonds is 9. The molecule has 1 fully saturated rings. The second-order valence-corrected chi connectivity index (χ2v) is 8.55. The maximum atomic E-state index is 13.4.